The zero-order valence-corrected chi connectivity index (χ0v) is 23.1. The molecule has 0 N–H and O–H groups in total. The molecule has 7 heteroatoms. The normalized spacial score (nSPS) is 13.9. The van der Waals surface area contributed by atoms with Crippen LogP contribution in [0.4, 0.5) is 4.39 Å². The van der Waals surface area contributed by atoms with Gasteiger partial charge in [0.2, 0.25) is 5.78 Å². The van der Waals surface area contributed by atoms with Crippen LogP contribution >= 0.6 is 11.3 Å². The molecule has 0 aliphatic heterocycles. The van der Waals surface area contributed by atoms with Crippen molar-refractivity contribution in [3.63, 3.8) is 0 Å². The second kappa shape index (κ2) is 10.7. The highest BCUT2D eigenvalue weighted by Gasteiger charge is 2.27. The maximum atomic E-state index is 14.5. The smallest absolute Gasteiger partial charge is 0.339 e. The Morgan fingerprint density at radius 2 is 1.85 bits per heavy atom. The Bertz CT molecular complexity index is 1800. The van der Waals surface area contributed by atoms with Gasteiger partial charge in [-0.05, 0) is 86.0 Å². The molecule has 1 aliphatic rings. The van der Waals surface area contributed by atoms with Gasteiger partial charge in [-0.15, -0.1) is 11.3 Å². The SMILES string of the molecule is Cc1cc(C(=O)COC(=O)c2c3c(nc4ccccc24)/C(=C/c2cccs2)CCC3)c(C)n1-c1ccccc1F. The first-order valence-electron chi connectivity index (χ1n) is 13.2. The number of pyridine rings is 1. The second-order valence-electron chi connectivity index (χ2n) is 9.94. The molecule has 0 amide bonds. The van der Waals surface area contributed by atoms with Crippen LogP contribution < -0.4 is 0 Å². The van der Waals surface area contributed by atoms with Crippen LogP contribution in [0.15, 0.2) is 72.1 Å². The molecule has 3 heterocycles. The number of allylic oxidation sites excluding steroid dienone is 1. The minimum atomic E-state index is -0.538. The first-order valence-corrected chi connectivity index (χ1v) is 14.1. The number of nitrogens with zero attached hydrogens (tertiary/aromatic N) is 2. The topological polar surface area (TPSA) is 61.2 Å². The molecular weight excluding hydrogens is 523 g/mol. The molecular formula is C33H27FN2O3S. The third kappa shape index (κ3) is 4.67. The van der Waals surface area contributed by atoms with Gasteiger partial charge < -0.3 is 9.30 Å². The van der Waals surface area contributed by atoms with Gasteiger partial charge in [0, 0.05) is 27.2 Å². The Balaban J connectivity index is 1.32. The highest BCUT2D eigenvalue weighted by molar-refractivity contribution is 7.10. The maximum Gasteiger partial charge on any atom is 0.339 e. The van der Waals surface area contributed by atoms with E-state index in [4.69, 9.17) is 9.72 Å². The molecule has 6 rings (SSSR count). The number of ketones is 1. The fraction of sp³-hybridized carbons (Fsp3) is 0.182. The van der Waals surface area contributed by atoms with Crippen LogP contribution in [0.1, 0.15) is 61.1 Å². The number of hydrogen-bond acceptors (Lipinski definition) is 5. The first kappa shape index (κ1) is 25.9. The number of carbonyl (C=O) groups is 2. The van der Waals surface area contributed by atoms with Crippen LogP contribution in [-0.4, -0.2) is 27.9 Å². The van der Waals surface area contributed by atoms with Crippen LogP contribution in [0, 0.1) is 19.7 Å². The Morgan fingerprint density at radius 3 is 2.65 bits per heavy atom. The number of Topliss-reactive ketones (excluding diaryl/α,β-unsaturated/α-hetero) is 1. The van der Waals surface area contributed by atoms with E-state index in [1.165, 1.54) is 6.07 Å². The van der Waals surface area contributed by atoms with E-state index >= 15 is 0 Å². The fourth-order valence-electron chi connectivity index (χ4n) is 5.58. The number of carbonyl (C=O) groups excluding carboxylic acids is 2. The maximum absolute atomic E-state index is 14.5. The molecule has 0 bridgehead atoms. The summed E-state index contributed by atoms with van der Waals surface area (Å²) >= 11 is 1.66. The Kier molecular flexibility index (Phi) is 6.90. The minimum absolute atomic E-state index is 0.338. The molecule has 0 saturated carbocycles. The zero-order chi connectivity index (χ0) is 27.8. The van der Waals surface area contributed by atoms with E-state index in [2.05, 4.69) is 12.1 Å². The summed E-state index contributed by atoms with van der Waals surface area (Å²) in [6.07, 6.45) is 4.62. The van der Waals surface area contributed by atoms with Crippen LogP contribution in [0.2, 0.25) is 0 Å². The van der Waals surface area contributed by atoms with Crippen molar-refractivity contribution in [1.82, 2.24) is 9.55 Å². The van der Waals surface area contributed by atoms with Gasteiger partial charge in [-0.2, -0.15) is 0 Å². The highest BCUT2D eigenvalue weighted by Crippen LogP contribution is 2.37. The standard InChI is InChI=1S/C33H27FN2O3S/c1-20-17-26(21(2)36(20)29-15-6-4-13-27(29)34)30(37)19-39-33(38)31-24-11-3-5-14-28(24)35-32-22(9-7-12-25(31)32)18-23-10-8-16-40-23/h3-6,8,10-11,13-18H,7,9,12,19H2,1-2H3/b22-18+. The summed E-state index contributed by atoms with van der Waals surface area (Å²) in [7, 11) is 0. The van der Waals surface area contributed by atoms with E-state index in [1.54, 1.807) is 47.1 Å². The van der Waals surface area contributed by atoms with Crippen molar-refractivity contribution in [3.8, 4) is 5.69 Å². The van der Waals surface area contributed by atoms with E-state index < -0.39 is 12.6 Å². The van der Waals surface area contributed by atoms with E-state index in [9.17, 15) is 14.0 Å². The van der Waals surface area contributed by atoms with Gasteiger partial charge in [0.25, 0.3) is 0 Å². The molecule has 200 valence electrons. The second-order valence-corrected chi connectivity index (χ2v) is 10.9. The number of para-hydroxylation sites is 2. The van der Waals surface area contributed by atoms with Crippen molar-refractivity contribution in [2.24, 2.45) is 0 Å². The van der Waals surface area contributed by atoms with Crippen molar-refractivity contribution >= 4 is 45.6 Å². The van der Waals surface area contributed by atoms with Gasteiger partial charge in [0.1, 0.15) is 5.82 Å². The summed E-state index contributed by atoms with van der Waals surface area (Å²) in [4.78, 5) is 33.0. The predicted molar refractivity (Wildman–Crippen MR) is 157 cm³/mol. The van der Waals surface area contributed by atoms with Gasteiger partial charge >= 0.3 is 5.97 Å². The number of fused-ring (bicyclic) bond motifs is 2. The van der Waals surface area contributed by atoms with E-state index in [0.29, 0.717) is 39.8 Å². The van der Waals surface area contributed by atoms with Gasteiger partial charge in [-0.1, -0.05) is 36.4 Å². The number of rotatable bonds is 6. The molecule has 5 aromatic rings. The van der Waals surface area contributed by atoms with Crippen molar-refractivity contribution in [2.75, 3.05) is 6.61 Å². The fourth-order valence-corrected chi connectivity index (χ4v) is 6.26. The van der Waals surface area contributed by atoms with E-state index in [-0.39, 0.29) is 11.6 Å². The average molecular weight is 551 g/mol. The van der Waals surface area contributed by atoms with Crippen LogP contribution in [0.5, 0.6) is 0 Å². The predicted octanol–water partition coefficient (Wildman–Crippen LogP) is 7.76. The molecule has 40 heavy (non-hydrogen) atoms. The number of halogens is 1. The Hall–Kier alpha value is -4.36. The monoisotopic (exact) mass is 550 g/mol. The van der Waals surface area contributed by atoms with Gasteiger partial charge in [0.05, 0.1) is 22.5 Å². The first-order chi connectivity index (χ1) is 19.4. The summed E-state index contributed by atoms with van der Waals surface area (Å²) in [5.41, 5.74) is 6.06. The zero-order valence-electron chi connectivity index (χ0n) is 22.2. The van der Waals surface area contributed by atoms with Crippen molar-refractivity contribution in [2.45, 2.75) is 33.1 Å². The third-order valence-electron chi connectivity index (χ3n) is 7.39. The van der Waals surface area contributed by atoms with E-state index in [1.807, 2.05) is 42.6 Å². The van der Waals surface area contributed by atoms with Gasteiger partial charge in [0.15, 0.2) is 6.61 Å². The van der Waals surface area contributed by atoms with Gasteiger partial charge in [-0.3, -0.25) is 4.79 Å². The summed E-state index contributed by atoms with van der Waals surface area (Å²) < 4.78 is 21.9. The summed E-state index contributed by atoms with van der Waals surface area (Å²) in [6, 6.07) is 19.8. The van der Waals surface area contributed by atoms with Crippen LogP contribution in [0.3, 0.4) is 0 Å². The van der Waals surface area contributed by atoms with Crippen molar-refractivity contribution < 1.29 is 18.7 Å². The molecule has 0 radical (unpaired) electrons. The number of hydrogen-bond donors (Lipinski definition) is 0. The molecule has 0 fully saturated rings. The molecule has 2 aromatic carbocycles. The molecule has 5 nitrogen and oxygen atoms in total. The number of ether oxygens (including phenoxy) is 1. The van der Waals surface area contributed by atoms with Crippen LogP contribution in [-0.2, 0) is 11.2 Å². The quantitative estimate of drug-likeness (QED) is 0.160. The largest absolute Gasteiger partial charge is 0.454 e. The number of benzene rings is 2. The number of aryl methyl sites for hydroxylation is 1. The van der Waals surface area contributed by atoms with Gasteiger partial charge in [-0.25, -0.2) is 14.2 Å². The Morgan fingerprint density at radius 1 is 1.05 bits per heavy atom. The van der Waals surface area contributed by atoms with E-state index in [0.717, 1.165) is 40.2 Å². The lowest BCUT2D eigenvalue weighted by molar-refractivity contribution is 0.0475. The molecule has 3 aromatic heterocycles. The van der Waals surface area contributed by atoms with Crippen LogP contribution in [0.25, 0.3) is 28.2 Å². The lowest BCUT2D eigenvalue weighted by Gasteiger charge is -2.22. The third-order valence-corrected chi connectivity index (χ3v) is 8.21. The molecule has 0 atom stereocenters. The summed E-state index contributed by atoms with van der Waals surface area (Å²) in [5, 5.41) is 2.76. The summed E-state index contributed by atoms with van der Waals surface area (Å²) in [6.45, 7) is 3.17. The average Bonchev–Trinajstić information content (AvgIpc) is 3.58. The van der Waals surface area contributed by atoms with Crippen molar-refractivity contribution in [3.05, 3.63) is 117 Å². The number of aromatic nitrogens is 2. The Labute approximate surface area is 235 Å². The lowest BCUT2D eigenvalue weighted by Crippen LogP contribution is -2.19. The molecule has 0 spiro atoms. The highest BCUT2D eigenvalue weighted by atomic mass is 32.1. The molecule has 0 saturated heterocycles. The number of esters is 1. The van der Waals surface area contributed by atoms with Crippen molar-refractivity contribution in [1.29, 1.82) is 0 Å². The minimum Gasteiger partial charge on any atom is -0.454 e. The molecule has 1 aliphatic carbocycles. The molecule has 0 unspecified atom stereocenters. The summed E-state index contributed by atoms with van der Waals surface area (Å²) in [5.74, 6) is -1.26. The lowest BCUT2D eigenvalue weighted by atomic mass is 9.86. The number of thiophene rings is 1.